The van der Waals surface area contributed by atoms with Gasteiger partial charge >= 0.3 is 0 Å². The molecule has 1 unspecified atom stereocenters. The summed E-state index contributed by atoms with van der Waals surface area (Å²) in [5.41, 5.74) is 0. The van der Waals surface area contributed by atoms with E-state index in [-0.39, 0.29) is 6.10 Å². The van der Waals surface area contributed by atoms with Crippen LogP contribution in [0.15, 0.2) is 0 Å². The second kappa shape index (κ2) is 3.18. The van der Waals surface area contributed by atoms with Crippen LogP contribution in [0.3, 0.4) is 0 Å². The van der Waals surface area contributed by atoms with Gasteiger partial charge in [-0.3, -0.25) is 0 Å². The molecule has 0 radical (unpaired) electrons. The van der Waals surface area contributed by atoms with Crippen molar-refractivity contribution in [2.45, 2.75) is 25.9 Å². The van der Waals surface area contributed by atoms with E-state index in [2.05, 4.69) is 5.32 Å². The van der Waals surface area contributed by atoms with Gasteiger partial charge in [-0.2, -0.15) is 0 Å². The summed E-state index contributed by atoms with van der Waals surface area (Å²) in [4.78, 5) is 0. The molecule has 0 spiro atoms. The molecule has 2 heteroatoms. The van der Waals surface area contributed by atoms with Gasteiger partial charge in [0.1, 0.15) is 0 Å². The highest BCUT2D eigenvalue weighted by atomic mass is 16.3. The van der Waals surface area contributed by atoms with Crippen LogP contribution in [0.1, 0.15) is 19.8 Å². The fourth-order valence-corrected chi connectivity index (χ4v) is 1.29. The summed E-state index contributed by atoms with van der Waals surface area (Å²) in [5.74, 6) is 0.499. The lowest BCUT2D eigenvalue weighted by Gasteiger charge is -2.24. The first-order chi connectivity index (χ1) is 4.30. The Hall–Kier alpha value is -0.0800. The number of rotatable bonds is 1. The molecule has 0 aromatic heterocycles. The van der Waals surface area contributed by atoms with Crippen LogP contribution < -0.4 is 5.32 Å². The summed E-state index contributed by atoms with van der Waals surface area (Å²) in [7, 11) is 0. The molecule has 9 heavy (non-hydrogen) atoms. The minimum atomic E-state index is -0.127. The molecule has 1 aliphatic rings. The van der Waals surface area contributed by atoms with Crippen molar-refractivity contribution in [1.82, 2.24) is 5.32 Å². The number of aliphatic hydroxyl groups is 1. The summed E-state index contributed by atoms with van der Waals surface area (Å²) in [6.45, 7) is 4.00. The number of aliphatic hydroxyl groups excluding tert-OH is 1. The van der Waals surface area contributed by atoms with E-state index in [1.54, 1.807) is 0 Å². The average molecular weight is 129 g/mol. The number of nitrogens with one attached hydrogen (secondary N) is 1. The third-order valence-corrected chi connectivity index (χ3v) is 2.02. The van der Waals surface area contributed by atoms with E-state index in [0.717, 1.165) is 13.1 Å². The van der Waals surface area contributed by atoms with Gasteiger partial charge in [-0.25, -0.2) is 0 Å². The number of hydrogen-bond acceptors (Lipinski definition) is 2. The minimum Gasteiger partial charge on any atom is -0.393 e. The molecule has 2 atom stereocenters. The second-order valence-electron chi connectivity index (χ2n) is 2.85. The zero-order valence-corrected chi connectivity index (χ0v) is 5.93. The van der Waals surface area contributed by atoms with Gasteiger partial charge in [0.15, 0.2) is 0 Å². The first kappa shape index (κ1) is 7.03. The van der Waals surface area contributed by atoms with Crippen molar-refractivity contribution in [3.05, 3.63) is 0 Å². The molecule has 1 heterocycles. The van der Waals surface area contributed by atoms with Gasteiger partial charge in [0.2, 0.25) is 0 Å². The Morgan fingerprint density at radius 1 is 1.67 bits per heavy atom. The molecule has 1 fully saturated rings. The smallest absolute Gasteiger partial charge is 0.0552 e. The van der Waals surface area contributed by atoms with Crippen LogP contribution in [0.25, 0.3) is 0 Å². The summed E-state index contributed by atoms with van der Waals surface area (Å²) in [6.07, 6.45) is 2.28. The standard InChI is InChI=1S/C7H15NO/c1-6(9)7-3-2-4-8-5-7/h6-9H,2-5H2,1H3/t6-,7?/m1/s1. The molecule has 2 N–H and O–H groups in total. The van der Waals surface area contributed by atoms with E-state index in [9.17, 15) is 0 Å². The molecular formula is C7H15NO. The van der Waals surface area contributed by atoms with Crippen LogP contribution in [0.2, 0.25) is 0 Å². The third kappa shape index (κ3) is 1.95. The predicted octanol–water partition coefficient (Wildman–Crippen LogP) is 0.367. The fourth-order valence-electron chi connectivity index (χ4n) is 1.29. The zero-order chi connectivity index (χ0) is 6.69. The van der Waals surface area contributed by atoms with E-state index in [0.29, 0.717) is 5.92 Å². The summed E-state index contributed by atoms with van der Waals surface area (Å²) >= 11 is 0. The highest BCUT2D eigenvalue weighted by Gasteiger charge is 2.16. The Labute approximate surface area is 56.3 Å². The van der Waals surface area contributed by atoms with Crippen LogP contribution in [-0.2, 0) is 0 Å². The van der Waals surface area contributed by atoms with Crippen LogP contribution in [-0.4, -0.2) is 24.3 Å². The van der Waals surface area contributed by atoms with E-state index in [1.807, 2.05) is 6.92 Å². The van der Waals surface area contributed by atoms with E-state index in [4.69, 9.17) is 5.11 Å². The maximum atomic E-state index is 9.14. The van der Waals surface area contributed by atoms with Crippen molar-refractivity contribution in [3.63, 3.8) is 0 Å². The Kier molecular flexibility index (Phi) is 2.49. The van der Waals surface area contributed by atoms with Crippen molar-refractivity contribution < 1.29 is 5.11 Å². The Morgan fingerprint density at radius 2 is 2.44 bits per heavy atom. The number of piperidine rings is 1. The topological polar surface area (TPSA) is 32.3 Å². The van der Waals surface area contributed by atoms with Crippen molar-refractivity contribution in [3.8, 4) is 0 Å². The van der Waals surface area contributed by atoms with E-state index in [1.165, 1.54) is 12.8 Å². The minimum absolute atomic E-state index is 0.127. The first-order valence-electron chi connectivity index (χ1n) is 3.69. The fraction of sp³-hybridized carbons (Fsp3) is 1.00. The average Bonchev–Trinajstić information content (AvgIpc) is 1.90. The normalized spacial score (nSPS) is 32.0. The summed E-state index contributed by atoms with van der Waals surface area (Å²) < 4.78 is 0. The molecule has 0 aliphatic carbocycles. The molecule has 0 saturated carbocycles. The molecule has 54 valence electrons. The Morgan fingerprint density at radius 3 is 2.78 bits per heavy atom. The van der Waals surface area contributed by atoms with Crippen LogP contribution in [0, 0.1) is 5.92 Å². The molecular weight excluding hydrogens is 114 g/mol. The van der Waals surface area contributed by atoms with Gasteiger partial charge in [0.25, 0.3) is 0 Å². The van der Waals surface area contributed by atoms with Crippen molar-refractivity contribution in [1.29, 1.82) is 0 Å². The van der Waals surface area contributed by atoms with Gasteiger partial charge in [-0.1, -0.05) is 0 Å². The molecule has 1 rings (SSSR count). The lowest BCUT2D eigenvalue weighted by molar-refractivity contribution is 0.109. The Balaban J connectivity index is 2.23. The van der Waals surface area contributed by atoms with Gasteiger partial charge in [-0.15, -0.1) is 0 Å². The van der Waals surface area contributed by atoms with E-state index < -0.39 is 0 Å². The van der Waals surface area contributed by atoms with Gasteiger partial charge in [0, 0.05) is 6.54 Å². The zero-order valence-electron chi connectivity index (χ0n) is 5.93. The van der Waals surface area contributed by atoms with Crippen LogP contribution >= 0.6 is 0 Å². The maximum absolute atomic E-state index is 9.14. The van der Waals surface area contributed by atoms with Gasteiger partial charge in [0.05, 0.1) is 6.10 Å². The highest BCUT2D eigenvalue weighted by molar-refractivity contribution is 4.72. The molecule has 0 aromatic carbocycles. The van der Waals surface area contributed by atoms with Crippen LogP contribution in [0.5, 0.6) is 0 Å². The molecule has 0 bridgehead atoms. The largest absolute Gasteiger partial charge is 0.393 e. The quantitative estimate of drug-likeness (QED) is 0.536. The summed E-state index contributed by atoms with van der Waals surface area (Å²) in [6, 6.07) is 0. The molecule has 0 amide bonds. The maximum Gasteiger partial charge on any atom is 0.0552 e. The molecule has 1 aliphatic heterocycles. The van der Waals surface area contributed by atoms with E-state index >= 15 is 0 Å². The Bertz CT molecular complexity index is 77.0. The summed E-state index contributed by atoms with van der Waals surface area (Å²) in [5, 5.41) is 12.4. The van der Waals surface area contributed by atoms with Gasteiger partial charge in [-0.05, 0) is 32.2 Å². The van der Waals surface area contributed by atoms with Crippen molar-refractivity contribution in [2.75, 3.05) is 13.1 Å². The molecule has 0 aromatic rings. The SMILES string of the molecule is C[C@@H](O)C1CCCNC1. The van der Waals surface area contributed by atoms with Crippen LogP contribution in [0.4, 0.5) is 0 Å². The molecule has 1 saturated heterocycles. The van der Waals surface area contributed by atoms with Crippen molar-refractivity contribution in [2.24, 2.45) is 5.92 Å². The third-order valence-electron chi connectivity index (χ3n) is 2.02. The van der Waals surface area contributed by atoms with Gasteiger partial charge < -0.3 is 10.4 Å². The lowest BCUT2D eigenvalue weighted by Crippen LogP contribution is -2.35. The first-order valence-corrected chi connectivity index (χ1v) is 3.69. The highest BCUT2D eigenvalue weighted by Crippen LogP contribution is 2.13. The monoisotopic (exact) mass is 129 g/mol. The lowest BCUT2D eigenvalue weighted by atomic mass is 9.95. The number of hydrogen-bond donors (Lipinski definition) is 2. The second-order valence-corrected chi connectivity index (χ2v) is 2.85. The predicted molar refractivity (Wildman–Crippen MR) is 37.3 cm³/mol. The van der Waals surface area contributed by atoms with Crippen molar-refractivity contribution >= 4 is 0 Å². The molecule has 2 nitrogen and oxygen atoms in total.